The molecule has 5 nitrogen and oxygen atoms in total. The molecular formula is C23H21BrN2O3. The van der Waals surface area contributed by atoms with Crippen LogP contribution in [0.15, 0.2) is 71.2 Å². The molecule has 0 spiro atoms. The molecule has 0 saturated heterocycles. The number of rotatable bonds is 6. The second-order valence-electron chi connectivity index (χ2n) is 6.65. The summed E-state index contributed by atoms with van der Waals surface area (Å²) >= 11 is 3.43. The lowest BCUT2D eigenvalue weighted by Gasteiger charge is -2.10. The molecule has 2 amide bonds. The van der Waals surface area contributed by atoms with Gasteiger partial charge in [-0.05, 0) is 73.5 Å². The van der Waals surface area contributed by atoms with E-state index >= 15 is 0 Å². The van der Waals surface area contributed by atoms with E-state index in [-0.39, 0.29) is 18.4 Å². The Kier molecular flexibility index (Phi) is 6.67. The van der Waals surface area contributed by atoms with Gasteiger partial charge in [0.05, 0.1) is 0 Å². The van der Waals surface area contributed by atoms with E-state index in [0.717, 1.165) is 21.3 Å². The highest BCUT2D eigenvalue weighted by atomic mass is 79.9. The van der Waals surface area contributed by atoms with Gasteiger partial charge in [-0.25, -0.2) is 0 Å². The van der Waals surface area contributed by atoms with Gasteiger partial charge in [0.2, 0.25) is 0 Å². The predicted molar refractivity (Wildman–Crippen MR) is 119 cm³/mol. The number of anilines is 2. The Morgan fingerprint density at radius 3 is 2.34 bits per heavy atom. The molecule has 0 aliphatic rings. The molecule has 0 aromatic heterocycles. The van der Waals surface area contributed by atoms with Crippen molar-refractivity contribution < 1.29 is 14.3 Å². The first-order chi connectivity index (χ1) is 13.9. The monoisotopic (exact) mass is 452 g/mol. The molecule has 0 unspecified atom stereocenters. The van der Waals surface area contributed by atoms with Crippen LogP contribution in [-0.2, 0) is 4.79 Å². The molecule has 6 heteroatoms. The summed E-state index contributed by atoms with van der Waals surface area (Å²) < 4.78 is 6.51. The molecule has 29 heavy (non-hydrogen) atoms. The van der Waals surface area contributed by atoms with E-state index in [9.17, 15) is 9.59 Å². The van der Waals surface area contributed by atoms with E-state index in [4.69, 9.17) is 4.74 Å². The number of nitrogens with one attached hydrogen (secondary N) is 2. The van der Waals surface area contributed by atoms with Gasteiger partial charge in [0.25, 0.3) is 11.8 Å². The third-order valence-electron chi connectivity index (χ3n) is 4.18. The van der Waals surface area contributed by atoms with Gasteiger partial charge in [0.15, 0.2) is 6.61 Å². The third-order valence-corrected chi connectivity index (χ3v) is 5.07. The molecular weight excluding hydrogens is 432 g/mol. The van der Waals surface area contributed by atoms with Crippen LogP contribution in [0.4, 0.5) is 11.4 Å². The van der Waals surface area contributed by atoms with E-state index < -0.39 is 0 Å². The van der Waals surface area contributed by atoms with Gasteiger partial charge < -0.3 is 15.4 Å². The molecule has 0 heterocycles. The molecule has 3 aromatic carbocycles. The number of carbonyl (C=O) groups is 2. The molecule has 148 valence electrons. The minimum absolute atomic E-state index is 0.124. The van der Waals surface area contributed by atoms with Gasteiger partial charge in [-0.15, -0.1) is 0 Å². The zero-order chi connectivity index (χ0) is 20.8. The summed E-state index contributed by atoms with van der Waals surface area (Å²) in [5.74, 6) is 0.0715. The second kappa shape index (κ2) is 9.39. The maximum atomic E-state index is 12.5. The number of aryl methyl sites for hydroxylation is 2. The van der Waals surface area contributed by atoms with Crippen LogP contribution in [0.2, 0.25) is 0 Å². The normalized spacial score (nSPS) is 10.3. The average molecular weight is 453 g/mol. The van der Waals surface area contributed by atoms with Crippen molar-refractivity contribution in [3.05, 3.63) is 87.9 Å². The zero-order valence-corrected chi connectivity index (χ0v) is 17.7. The lowest BCUT2D eigenvalue weighted by atomic mass is 10.1. The van der Waals surface area contributed by atoms with Crippen LogP contribution < -0.4 is 15.4 Å². The van der Waals surface area contributed by atoms with Crippen molar-refractivity contribution in [3.8, 4) is 5.75 Å². The standard InChI is InChI=1S/C23H21BrN2O3/c1-15-5-3-7-18(11-15)26-23(28)17-6-4-8-19(13-17)25-22(27)14-29-20-9-10-21(24)16(2)12-20/h3-13H,14H2,1-2H3,(H,25,27)(H,26,28). The van der Waals surface area contributed by atoms with Crippen molar-refractivity contribution in [2.24, 2.45) is 0 Å². The van der Waals surface area contributed by atoms with Gasteiger partial charge in [-0.2, -0.15) is 0 Å². The van der Waals surface area contributed by atoms with Gasteiger partial charge in [0.1, 0.15) is 5.75 Å². The number of benzene rings is 3. The Hall–Kier alpha value is -3.12. The summed E-state index contributed by atoms with van der Waals surface area (Å²) in [6.45, 7) is 3.79. The molecule has 3 rings (SSSR count). The Labute approximate surface area is 178 Å². The number of ether oxygens (including phenoxy) is 1. The fourth-order valence-electron chi connectivity index (χ4n) is 2.72. The molecule has 0 radical (unpaired) electrons. The highest BCUT2D eigenvalue weighted by Gasteiger charge is 2.09. The molecule has 3 aromatic rings. The predicted octanol–water partition coefficient (Wildman–Crippen LogP) is 5.34. The fourth-order valence-corrected chi connectivity index (χ4v) is 2.96. The largest absolute Gasteiger partial charge is 0.484 e. The van der Waals surface area contributed by atoms with E-state index in [1.165, 1.54) is 0 Å². The Bertz CT molecular complexity index is 1050. The van der Waals surface area contributed by atoms with Gasteiger partial charge in [0, 0.05) is 21.4 Å². The van der Waals surface area contributed by atoms with Crippen molar-refractivity contribution in [1.29, 1.82) is 0 Å². The molecule has 0 saturated carbocycles. The first-order valence-corrected chi connectivity index (χ1v) is 9.87. The van der Waals surface area contributed by atoms with Gasteiger partial charge in [-0.3, -0.25) is 9.59 Å². The molecule has 0 aliphatic carbocycles. The van der Waals surface area contributed by atoms with Gasteiger partial charge in [-0.1, -0.05) is 34.1 Å². The summed E-state index contributed by atoms with van der Waals surface area (Å²) in [5, 5.41) is 5.61. The van der Waals surface area contributed by atoms with Crippen LogP contribution in [0.1, 0.15) is 21.5 Å². The summed E-state index contributed by atoms with van der Waals surface area (Å²) in [5.41, 5.74) is 3.79. The van der Waals surface area contributed by atoms with Crippen molar-refractivity contribution in [3.63, 3.8) is 0 Å². The number of hydrogen-bond donors (Lipinski definition) is 2. The molecule has 0 aliphatic heterocycles. The van der Waals surface area contributed by atoms with E-state index in [1.54, 1.807) is 30.3 Å². The number of hydrogen-bond acceptors (Lipinski definition) is 3. The van der Waals surface area contributed by atoms with Gasteiger partial charge >= 0.3 is 0 Å². The van der Waals surface area contributed by atoms with E-state index in [0.29, 0.717) is 17.0 Å². The smallest absolute Gasteiger partial charge is 0.262 e. The van der Waals surface area contributed by atoms with Crippen LogP contribution in [0.25, 0.3) is 0 Å². The van der Waals surface area contributed by atoms with Crippen molar-refractivity contribution >= 4 is 39.1 Å². The zero-order valence-electron chi connectivity index (χ0n) is 16.2. The summed E-state index contributed by atoms with van der Waals surface area (Å²) in [6.07, 6.45) is 0. The lowest BCUT2D eigenvalue weighted by Crippen LogP contribution is -2.20. The Morgan fingerprint density at radius 1 is 0.897 bits per heavy atom. The Balaban J connectivity index is 1.59. The quantitative estimate of drug-likeness (QED) is 0.530. The minimum Gasteiger partial charge on any atom is -0.484 e. The highest BCUT2D eigenvalue weighted by molar-refractivity contribution is 9.10. The van der Waals surface area contributed by atoms with Crippen LogP contribution in [-0.4, -0.2) is 18.4 Å². The summed E-state index contributed by atoms with van der Waals surface area (Å²) in [4.78, 5) is 24.7. The topological polar surface area (TPSA) is 67.4 Å². The van der Waals surface area contributed by atoms with Crippen LogP contribution >= 0.6 is 15.9 Å². The Morgan fingerprint density at radius 2 is 1.62 bits per heavy atom. The minimum atomic E-state index is -0.304. The number of halogens is 1. The molecule has 2 N–H and O–H groups in total. The molecule has 0 atom stereocenters. The average Bonchev–Trinajstić information content (AvgIpc) is 2.69. The number of amides is 2. The van der Waals surface area contributed by atoms with Crippen molar-refractivity contribution in [1.82, 2.24) is 0 Å². The molecule has 0 bridgehead atoms. The number of carbonyl (C=O) groups excluding carboxylic acids is 2. The van der Waals surface area contributed by atoms with Crippen LogP contribution in [0, 0.1) is 13.8 Å². The maximum absolute atomic E-state index is 12.5. The highest BCUT2D eigenvalue weighted by Crippen LogP contribution is 2.21. The molecule has 0 fully saturated rings. The van der Waals surface area contributed by atoms with E-state index in [1.807, 2.05) is 50.2 Å². The van der Waals surface area contributed by atoms with Crippen molar-refractivity contribution in [2.45, 2.75) is 13.8 Å². The summed E-state index contributed by atoms with van der Waals surface area (Å²) in [7, 11) is 0. The maximum Gasteiger partial charge on any atom is 0.262 e. The SMILES string of the molecule is Cc1cccc(NC(=O)c2cccc(NC(=O)COc3ccc(Br)c(C)c3)c2)c1. The second-order valence-corrected chi connectivity index (χ2v) is 7.51. The lowest BCUT2D eigenvalue weighted by molar-refractivity contribution is -0.118. The van der Waals surface area contributed by atoms with Crippen LogP contribution in [0.5, 0.6) is 5.75 Å². The van der Waals surface area contributed by atoms with E-state index in [2.05, 4.69) is 26.6 Å². The van der Waals surface area contributed by atoms with Crippen LogP contribution in [0.3, 0.4) is 0 Å². The summed E-state index contributed by atoms with van der Waals surface area (Å²) in [6, 6.07) is 19.9. The van der Waals surface area contributed by atoms with Crippen molar-refractivity contribution in [2.75, 3.05) is 17.2 Å². The fraction of sp³-hybridized carbons (Fsp3) is 0.130. The first kappa shape index (κ1) is 20.6. The third kappa shape index (κ3) is 5.93. The first-order valence-electron chi connectivity index (χ1n) is 9.07.